The molecule has 1 aliphatic rings. The van der Waals surface area contributed by atoms with E-state index in [1.807, 2.05) is 0 Å². The average molecular weight is 261 g/mol. The van der Waals surface area contributed by atoms with Crippen LogP contribution >= 0.6 is 0 Å². The topological polar surface area (TPSA) is 88.1 Å². The van der Waals surface area contributed by atoms with Gasteiger partial charge in [-0.2, -0.15) is 0 Å². The van der Waals surface area contributed by atoms with Crippen molar-refractivity contribution in [3.8, 4) is 0 Å². The number of nitrogens with one attached hydrogen (secondary N) is 1. The number of nitrogens with zero attached hydrogens (tertiary/aromatic N) is 2. The lowest BCUT2D eigenvalue weighted by molar-refractivity contribution is 0.0691. The smallest absolute Gasteiger partial charge is 0.354 e. The first-order valence-electron chi connectivity index (χ1n) is 6.15. The van der Waals surface area contributed by atoms with E-state index in [1.165, 1.54) is 6.07 Å². The zero-order valence-corrected chi connectivity index (χ0v) is 10.8. The molecular weight excluding hydrogens is 246 g/mol. The minimum absolute atomic E-state index is 0.00693. The Kier molecular flexibility index (Phi) is 2.56. The molecule has 1 fully saturated rings. The second kappa shape index (κ2) is 4.03. The molecule has 0 aromatic carbocycles. The van der Waals surface area contributed by atoms with Gasteiger partial charge in [0.1, 0.15) is 5.82 Å². The Morgan fingerprint density at radius 1 is 1.47 bits per heavy atom. The molecule has 0 spiro atoms. The number of ether oxygens (including phenoxy) is 1. The summed E-state index contributed by atoms with van der Waals surface area (Å²) in [4.78, 5) is 22.6. The Labute approximate surface area is 109 Å². The number of hydrogen-bond acceptors (Lipinski definition) is 4. The Balaban J connectivity index is 2.04. The van der Waals surface area contributed by atoms with E-state index < -0.39 is 5.97 Å². The first kappa shape index (κ1) is 12.1. The number of H-pyrrole nitrogens is 1. The molecule has 6 heteroatoms. The Bertz CT molecular complexity index is 648. The van der Waals surface area contributed by atoms with Crippen LogP contribution in [0.3, 0.4) is 0 Å². The molecule has 2 aromatic heterocycles. The second-order valence-electron chi connectivity index (χ2n) is 5.55. The van der Waals surface area contributed by atoms with E-state index in [4.69, 9.17) is 9.84 Å². The maximum absolute atomic E-state index is 10.9. The molecule has 100 valence electrons. The molecular formula is C13H15N3O3. The highest BCUT2D eigenvalue weighted by Gasteiger charge is 2.38. The Hall–Kier alpha value is -1.95. The van der Waals surface area contributed by atoms with Crippen LogP contribution in [0.5, 0.6) is 0 Å². The molecule has 19 heavy (non-hydrogen) atoms. The lowest BCUT2D eigenvalue weighted by Crippen LogP contribution is -2.21. The van der Waals surface area contributed by atoms with E-state index in [2.05, 4.69) is 28.8 Å². The average Bonchev–Trinajstić information content (AvgIpc) is 2.89. The van der Waals surface area contributed by atoms with Gasteiger partial charge in [-0.05, 0) is 12.1 Å². The largest absolute Gasteiger partial charge is 0.477 e. The summed E-state index contributed by atoms with van der Waals surface area (Å²) in [6.07, 6.45) is 0. The van der Waals surface area contributed by atoms with Crippen molar-refractivity contribution in [3.05, 3.63) is 23.7 Å². The molecule has 6 nitrogen and oxygen atoms in total. The molecule has 3 rings (SSSR count). The fourth-order valence-electron chi connectivity index (χ4n) is 2.41. The van der Waals surface area contributed by atoms with E-state index in [9.17, 15) is 4.79 Å². The van der Waals surface area contributed by atoms with Gasteiger partial charge in [0, 0.05) is 11.3 Å². The highest BCUT2D eigenvalue weighted by atomic mass is 16.5. The first-order chi connectivity index (χ1) is 8.97. The van der Waals surface area contributed by atoms with Crippen molar-refractivity contribution in [2.75, 3.05) is 13.2 Å². The van der Waals surface area contributed by atoms with E-state index in [0.717, 1.165) is 11.3 Å². The number of carboxylic acid groups (broad SMARTS) is 1. The molecule has 2 aromatic rings. The number of aromatic nitrogens is 3. The van der Waals surface area contributed by atoms with Crippen molar-refractivity contribution in [3.63, 3.8) is 0 Å². The summed E-state index contributed by atoms with van der Waals surface area (Å²) < 4.78 is 5.51. The van der Waals surface area contributed by atoms with Crippen LogP contribution in [0, 0.1) is 5.41 Å². The number of imidazole rings is 1. The molecule has 1 atom stereocenters. The zero-order valence-electron chi connectivity index (χ0n) is 10.8. The molecule has 1 unspecified atom stereocenters. The lowest BCUT2D eigenvalue weighted by atomic mass is 9.82. The number of rotatable bonds is 2. The van der Waals surface area contributed by atoms with Gasteiger partial charge in [0.05, 0.1) is 18.7 Å². The summed E-state index contributed by atoms with van der Waals surface area (Å²) >= 11 is 0. The van der Waals surface area contributed by atoms with Crippen LogP contribution < -0.4 is 0 Å². The summed E-state index contributed by atoms with van der Waals surface area (Å²) in [7, 11) is 0. The third-order valence-corrected chi connectivity index (χ3v) is 3.62. The van der Waals surface area contributed by atoms with E-state index in [0.29, 0.717) is 18.9 Å². The first-order valence-corrected chi connectivity index (χ1v) is 6.15. The summed E-state index contributed by atoms with van der Waals surface area (Å²) in [6.45, 7) is 5.59. The molecule has 0 bridgehead atoms. The minimum atomic E-state index is -1.05. The molecule has 0 radical (unpaired) electrons. The number of carbonyl (C=O) groups is 1. The number of aromatic carboxylic acids is 1. The number of aromatic amines is 1. The molecule has 0 saturated carbocycles. The molecule has 0 amide bonds. The van der Waals surface area contributed by atoms with Crippen molar-refractivity contribution < 1.29 is 14.6 Å². The van der Waals surface area contributed by atoms with Gasteiger partial charge in [-0.25, -0.2) is 14.8 Å². The van der Waals surface area contributed by atoms with Gasteiger partial charge in [0.25, 0.3) is 0 Å². The predicted molar refractivity (Wildman–Crippen MR) is 68.2 cm³/mol. The van der Waals surface area contributed by atoms with Crippen molar-refractivity contribution in [1.82, 2.24) is 15.0 Å². The molecule has 0 aliphatic carbocycles. The monoisotopic (exact) mass is 261 g/mol. The van der Waals surface area contributed by atoms with Crippen molar-refractivity contribution in [2.24, 2.45) is 5.41 Å². The van der Waals surface area contributed by atoms with Crippen molar-refractivity contribution in [2.45, 2.75) is 19.8 Å². The summed E-state index contributed by atoms with van der Waals surface area (Å²) in [5.41, 5.74) is 1.22. The number of carboxylic acids is 1. The van der Waals surface area contributed by atoms with Crippen LogP contribution in [0.15, 0.2) is 12.1 Å². The standard InChI is InChI=1S/C13H15N3O3/c1-13(2)6-19-5-7(13)10-14-8-3-4-9(12(17)18)15-11(8)16-10/h3-4,7H,5-6H2,1-2H3,(H,17,18)(H,14,15,16). The normalized spacial score (nSPS) is 21.9. The zero-order chi connectivity index (χ0) is 13.6. The van der Waals surface area contributed by atoms with Gasteiger partial charge in [0.2, 0.25) is 0 Å². The summed E-state index contributed by atoms with van der Waals surface area (Å²) in [5.74, 6) is -0.0569. The number of fused-ring (bicyclic) bond motifs is 1. The predicted octanol–water partition coefficient (Wildman–Crippen LogP) is 1.80. The maximum Gasteiger partial charge on any atom is 0.354 e. The van der Waals surface area contributed by atoms with Gasteiger partial charge >= 0.3 is 5.97 Å². The molecule has 3 heterocycles. The Morgan fingerprint density at radius 3 is 2.89 bits per heavy atom. The van der Waals surface area contributed by atoms with Crippen LogP contribution in [0.2, 0.25) is 0 Å². The van der Waals surface area contributed by atoms with Crippen molar-refractivity contribution in [1.29, 1.82) is 0 Å². The third-order valence-electron chi connectivity index (χ3n) is 3.62. The SMILES string of the molecule is CC1(C)COCC1c1nc2nc(C(=O)O)ccc2[nH]1. The van der Waals surface area contributed by atoms with Gasteiger partial charge in [-0.3, -0.25) is 0 Å². The highest BCUT2D eigenvalue weighted by molar-refractivity contribution is 5.88. The lowest BCUT2D eigenvalue weighted by Gasteiger charge is -2.22. The highest BCUT2D eigenvalue weighted by Crippen LogP contribution is 2.39. The van der Waals surface area contributed by atoms with E-state index in [-0.39, 0.29) is 17.0 Å². The van der Waals surface area contributed by atoms with Crippen LogP contribution in [-0.4, -0.2) is 39.2 Å². The Morgan fingerprint density at radius 2 is 2.26 bits per heavy atom. The summed E-state index contributed by atoms with van der Waals surface area (Å²) in [5, 5.41) is 8.93. The fourth-order valence-corrected chi connectivity index (χ4v) is 2.41. The van der Waals surface area contributed by atoms with Gasteiger partial charge < -0.3 is 14.8 Å². The van der Waals surface area contributed by atoms with Crippen LogP contribution in [0.25, 0.3) is 11.2 Å². The summed E-state index contributed by atoms with van der Waals surface area (Å²) in [6, 6.07) is 3.17. The van der Waals surface area contributed by atoms with Crippen molar-refractivity contribution >= 4 is 17.1 Å². The molecule has 1 saturated heterocycles. The van der Waals surface area contributed by atoms with Crippen LogP contribution in [0.1, 0.15) is 36.1 Å². The minimum Gasteiger partial charge on any atom is -0.477 e. The van der Waals surface area contributed by atoms with Crippen LogP contribution in [0.4, 0.5) is 0 Å². The van der Waals surface area contributed by atoms with Gasteiger partial charge in [0.15, 0.2) is 11.3 Å². The maximum atomic E-state index is 10.9. The quantitative estimate of drug-likeness (QED) is 0.860. The van der Waals surface area contributed by atoms with E-state index >= 15 is 0 Å². The third kappa shape index (κ3) is 1.98. The van der Waals surface area contributed by atoms with Gasteiger partial charge in [-0.15, -0.1) is 0 Å². The fraction of sp³-hybridized carbons (Fsp3) is 0.462. The van der Waals surface area contributed by atoms with Crippen LogP contribution in [-0.2, 0) is 4.74 Å². The second-order valence-corrected chi connectivity index (χ2v) is 5.55. The molecule has 1 aliphatic heterocycles. The number of pyridine rings is 1. The van der Waals surface area contributed by atoms with E-state index in [1.54, 1.807) is 6.07 Å². The van der Waals surface area contributed by atoms with Gasteiger partial charge in [-0.1, -0.05) is 13.8 Å². The number of hydrogen-bond donors (Lipinski definition) is 2. The molecule has 2 N–H and O–H groups in total.